The lowest BCUT2D eigenvalue weighted by molar-refractivity contribution is 0.209. The van der Waals surface area contributed by atoms with Gasteiger partial charge in [-0.1, -0.05) is 5.21 Å². The first-order valence-electron chi connectivity index (χ1n) is 4.21. The van der Waals surface area contributed by atoms with Crippen LogP contribution < -0.4 is 0 Å². The highest BCUT2D eigenvalue weighted by Gasteiger charge is 2.13. The molecule has 0 amide bonds. The lowest BCUT2D eigenvalue weighted by atomic mass is 10.1. The highest BCUT2D eigenvalue weighted by atomic mass is 16.3. The molecule has 2 aromatic rings. The first kappa shape index (κ1) is 8.83. The molecule has 72 valence electrons. The Hall–Kier alpha value is -1.75. The molecule has 2 aromatic heterocycles. The van der Waals surface area contributed by atoms with Crippen LogP contribution in [0.4, 0.5) is 0 Å². The summed E-state index contributed by atoms with van der Waals surface area (Å²) in [4.78, 5) is 3.88. The zero-order chi connectivity index (χ0) is 9.97. The highest BCUT2D eigenvalue weighted by Crippen LogP contribution is 2.18. The van der Waals surface area contributed by atoms with E-state index in [1.165, 1.54) is 0 Å². The summed E-state index contributed by atoms with van der Waals surface area (Å²) >= 11 is 0. The van der Waals surface area contributed by atoms with Gasteiger partial charge in [0.1, 0.15) is 6.10 Å². The number of aryl methyl sites for hydroxylation is 1. The Balaban J connectivity index is 2.34. The standard InChI is InChI=1S/C9H10N4O/c1-13-8(6-11-12-13)9(14)7-2-4-10-5-3-7/h2-6,9,14H,1H3. The van der Waals surface area contributed by atoms with E-state index in [1.807, 2.05) is 0 Å². The fraction of sp³-hybridized carbons (Fsp3) is 0.222. The van der Waals surface area contributed by atoms with Gasteiger partial charge in [-0.05, 0) is 17.7 Å². The quantitative estimate of drug-likeness (QED) is 0.739. The predicted octanol–water partition coefficient (Wildman–Crippen LogP) is 0.292. The number of nitrogens with zero attached hydrogens (tertiary/aromatic N) is 4. The summed E-state index contributed by atoms with van der Waals surface area (Å²) in [6.07, 6.45) is 4.13. The average Bonchev–Trinajstić information content (AvgIpc) is 2.65. The monoisotopic (exact) mass is 190 g/mol. The van der Waals surface area contributed by atoms with E-state index in [1.54, 1.807) is 42.5 Å². The molecule has 1 N–H and O–H groups in total. The average molecular weight is 190 g/mol. The Morgan fingerprint density at radius 1 is 1.36 bits per heavy atom. The van der Waals surface area contributed by atoms with Crippen molar-refractivity contribution in [2.45, 2.75) is 6.10 Å². The van der Waals surface area contributed by atoms with Gasteiger partial charge in [0.2, 0.25) is 0 Å². The summed E-state index contributed by atoms with van der Waals surface area (Å²) in [7, 11) is 1.74. The second-order valence-corrected chi connectivity index (χ2v) is 2.97. The van der Waals surface area contributed by atoms with Crippen molar-refractivity contribution in [1.29, 1.82) is 0 Å². The van der Waals surface area contributed by atoms with Gasteiger partial charge in [-0.2, -0.15) is 0 Å². The molecule has 14 heavy (non-hydrogen) atoms. The number of aliphatic hydroxyl groups is 1. The number of aromatic nitrogens is 4. The summed E-state index contributed by atoms with van der Waals surface area (Å²) in [5, 5.41) is 17.4. The van der Waals surface area contributed by atoms with Gasteiger partial charge in [-0.3, -0.25) is 4.98 Å². The molecule has 5 heteroatoms. The van der Waals surface area contributed by atoms with Gasteiger partial charge in [-0.15, -0.1) is 5.10 Å². The van der Waals surface area contributed by atoms with E-state index < -0.39 is 6.10 Å². The van der Waals surface area contributed by atoms with Gasteiger partial charge in [0.05, 0.1) is 11.9 Å². The molecule has 0 bridgehead atoms. The Morgan fingerprint density at radius 2 is 2.07 bits per heavy atom. The smallest absolute Gasteiger partial charge is 0.122 e. The molecular weight excluding hydrogens is 180 g/mol. The molecule has 0 spiro atoms. The van der Waals surface area contributed by atoms with E-state index in [-0.39, 0.29) is 0 Å². The van der Waals surface area contributed by atoms with Crippen molar-refractivity contribution >= 4 is 0 Å². The third-order valence-corrected chi connectivity index (χ3v) is 2.05. The minimum absolute atomic E-state index is 0.663. The first-order valence-corrected chi connectivity index (χ1v) is 4.21. The van der Waals surface area contributed by atoms with Crippen LogP contribution in [0.3, 0.4) is 0 Å². The minimum Gasteiger partial charge on any atom is -0.382 e. The lowest BCUT2D eigenvalue weighted by Crippen LogP contribution is -2.06. The van der Waals surface area contributed by atoms with E-state index in [9.17, 15) is 5.11 Å². The normalized spacial score (nSPS) is 12.7. The van der Waals surface area contributed by atoms with Crippen molar-refractivity contribution in [1.82, 2.24) is 20.0 Å². The Kier molecular flexibility index (Phi) is 2.24. The molecule has 1 atom stereocenters. The summed E-state index contributed by atoms with van der Waals surface area (Å²) in [6, 6.07) is 3.52. The molecule has 0 saturated heterocycles. The first-order chi connectivity index (χ1) is 6.79. The van der Waals surface area contributed by atoms with Crippen molar-refractivity contribution in [3.63, 3.8) is 0 Å². The van der Waals surface area contributed by atoms with Crippen LogP contribution in [0.15, 0.2) is 30.7 Å². The van der Waals surface area contributed by atoms with Gasteiger partial charge in [-0.25, -0.2) is 4.68 Å². The van der Waals surface area contributed by atoms with Crippen molar-refractivity contribution < 1.29 is 5.11 Å². The maximum atomic E-state index is 9.93. The largest absolute Gasteiger partial charge is 0.382 e. The van der Waals surface area contributed by atoms with Gasteiger partial charge < -0.3 is 5.11 Å². The van der Waals surface area contributed by atoms with E-state index in [0.29, 0.717) is 5.69 Å². The van der Waals surface area contributed by atoms with Crippen molar-refractivity contribution in [3.8, 4) is 0 Å². The maximum absolute atomic E-state index is 9.93. The molecule has 0 aliphatic carbocycles. The van der Waals surface area contributed by atoms with Gasteiger partial charge in [0.25, 0.3) is 0 Å². The molecule has 2 heterocycles. The van der Waals surface area contributed by atoms with E-state index >= 15 is 0 Å². The zero-order valence-electron chi connectivity index (χ0n) is 7.70. The van der Waals surface area contributed by atoms with Crippen LogP contribution in [-0.2, 0) is 7.05 Å². The second kappa shape index (κ2) is 3.55. The highest BCUT2D eigenvalue weighted by molar-refractivity contribution is 5.21. The third kappa shape index (κ3) is 1.49. The van der Waals surface area contributed by atoms with Gasteiger partial charge >= 0.3 is 0 Å². The van der Waals surface area contributed by atoms with Gasteiger partial charge in [0, 0.05) is 19.4 Å². The molecule has 2 rings (SSSR count). The van der Waals surface area contributed by atoms with E-state index in [4.69, 9.17) is 0 Å². The van der Waals surface area contributed by atoms with Crippen LogP contribution in [0.5, 0.6) is 0 Å². The Labute approximate surface area is 81.0 Å². The molecule has 0 aliphatic heterocycles. The SMILES string of the molecule is Cn1nncc1C(O)c1ccncc1. The van der Waals surface area contributed by atoms with Gasteiger partial charge in [0.15, 0.2) is 0 Å². The number of hydrogen-bond acceptors (Lipinski definition) is 4. The van der Waals surface area contributed by atoms with Crippen LogP contribution in [-0.4, -0.2) is 25.1 Å². The van der Waals surface area contributed by atoms with Crippen molar-refractivity contribution in [2.24, 2.45) is 7.05 Å². The Bertz CT molecular complexity index is 412. The minimum atomic E-state index is -0.696. The van der Waals surface area contributed by atoms with Crippen molar-refractivity contribution in [2.75, 3.05) is 0 Å². The summed E-state index contributed by atoms with van der Waals surface area (Å²) in [6.45, 7) is 0. The maximum Gasteiger partial charge on any atom is 0.122 e. The molecule has 0 radical (unpaired) electrons. The van der Waals surface area contributed by atoms with Crippen molar-refractivity contribution in [3.05, 3.63) is 42.0 Å². The predicted molar refractivity (Wildman–Crippen MR) is 49.3 cm³/mol. The number of pyridine rings is 1. The van der Waals surface area contributed by atoms with E-state index in [0.717, 1.165) is 5.56 Å². The summed E-state index contributed by atoms with van der Waals surface area (Å²) < 4.78 is 1.55. The molecular formula is C9H10N4O. The van der Waals surface area contributed by atoms with Crippen LogP contribution in [0.1, 0.15) is 17.4 Å². The molecule has 1 unspecified atom stereocenters. The molecule has 0 aromatic carbocycles. The number of rotatable bonds is 2. The molecule has 0 saturated carbocycles. The third-order valence-electron chi connectivity index (χ3n) is 2.05. The Morgan fingerprint density at radius 3 is 2.64 bits per heavy atom. The lowest BCUT2D eigenvalue weighted by Gasteiger charge is -2.09. The van der Waals surface area contributed by atoms with Crippen LogP contribution in [0.25, 0.3) is 0 Å². The van der Waals surface area contributed by atoms with Crippen LogP contribution >= 0.6 is 0 Å². The van der Waals surface area contributed by atoms with Crippen LogP contribution in [0, 0.1) is 0 Å². The number of hydrogen-bond donors (Lipinski definition) is 1. The summed E-state index contributed by atoms with van der Waals surface area (Å²) in [5.74, 6) is 0. The fourth-order valence-electron chi connectivity index (χ4n) is 1.26. The second-order valence-electron chi connectivity index (χ2n) is 2.97. The molecule has 0 fully saturated rings. The summed E-state index contributed by atoms with van der Waals surface area (Å²) in [5.41, 5.74) is 1.45. The topological polar surface area (TPSA) is 63.8 Å². The zero-order valence-corrected chi connectivity index (χ0v) is 7.70. The molecule has 0 aliphatic rings. The van der Waals surface area contributed by atoms with E-state index in [2.05, 4.69) is 15.3 Å². The number of aliphatic hydroxyl groups excluding tert-OH is 1. The molecule has 5 nitrogen and oxygen atoms in total. The van der Waals surface area contributed by atoms with Crippen LogP contribution in [0.2, 0.25) is 0 Å². The fourth-order valence-corrected chi connectivity index (χ4v) is 1.26.